The number of nitrogens with one attached hydrogen (secondary N) is 1. The molecule has 0 fully saturated rings. The van der Waals surface area contributed by atoms with Gasteiger partial charge >= 0.3 is 0 Å². The molecule has 2 aromatic rings. The van der Waals surface area contributed by atoms with Gasteiger partial charge < -0.3 is 10.2 Å². The van der Waals surface area contributed by atoms with E-state index in [9.17, 15) is 9.59 Å². The van der Waals surface area contributed by atoms with Crippen molar-refractivity contribution in [1.82, 2.24) is 10.2 Å². The molecule has 1 N–H and O–H groups in total. The molecule has 0 aromatic heterocycles. The smallest absolute Gasteiger partial charge is 0.251 e. The first-order valence-electron chi connectivity index (χ1n) is 9.77. The number of allylic oxidation sites excluding steroid dienone is 1. The lowest BCUT2D eigenvalue weighted by molar-refractivity contribution is -0.128. The van der Waals surface area contributed by atoms with Crippen LogP contribution in [0.2, 0.25) is 0 Å². The molecule has 0 bridgehead atoms. The van der Waals surface area contributed by atoms with E-state index in [1.807, 2.05) is 55.5 Å². The van der Waals surface area contributed by atoms with E-state index in [0.29, 0.717) is 12.0 Å². The molecule has 0 aliphatic heterocycles. The van der Waals surface area contributed by atoms with Crippen molar-refractivity contribution in [2.45, 2.75) is 38.6 Å². The SMILES string of the molecule is CC(Cc1ccccc1)NC(=O)c1cccc(/C=C\CCCC(=O)N(C)C)c1. The van der Waals surface area contributed by atoms with Gasteiger partial charge in [0.15, 0.2) is 0 Å². The Bertz CT molecular complexity index is 797. The summed E-state index contributed by atoms with van der Waals surface area (Å²) in [7, 11) is 3.55. The summed E-state index contributed by atoms with van der Waals surface area (Å²) in [5.74, 6) is 0.0898. The maximum atomic E-state index is 12.5. The summed E-state index contributed by atoms with van der Waals surface area (Å²) >= 11 is 0. The van der Waals surface area contributed by atoms with Crippen molar-refractivity contribution in [3.63, 3.8) is 0 Å². The molecule has 0 heterocycles. The zero-order valence-electron chi connectivity index (χ0n) is 17.0. The van der Waals surface area contributed by atoms with Gasteiger partial charge in [-0.25, -0.2) is 0 Å². The largest absolute Gasteiger partial charge is 0.349 e. The second kappa shape index (κ2) is 11.1. The van der Waals surface area contributed by atoms with Gasteiger partial charge in [0.25, 0.3) is 5.91 Å². The summed E-state index contributed by atoms with van der Waals surface area (Å²) in [4.78, 5) is 25.7. The van der Waals surface area contributed by atoms with E-state index in [1.165, 1.54) is 5.56 Å². The summed E-state index contributed by atoms with van der Waals surface area (Å²) in [5, 5.41) is 3.07. The molecule has 2 rings (SSSR count). The van der Waals surface area contributed by atoms with Crippen LogP contribution in [-0.2, 0) is 11.2 Å². The van der Waals surface area contributed by atoms with Crippen molar-refractivity contribution in [1.29, 1.82) is 0 Å². The van der Waals surface area contributed by atoms with Crippen LogP contribution >= 0.6 is 0 Å². The number of hydrogen-bond acceptors (Lipinski definition) is 2. The number of carbonyl (C=O) groups excluding carboxylic acids is 2. The van der Waals surface area contributed by atoms with Crippen LogP contribution < -0.4 is 5.32 Å². The summed E-state index contributed by atoms with van der Waals surface area (Å²) in [6.45, 7) is 2.02. The molecule has 0 aliphatic rings. The molecule has 0 saturated heterocycles. The van der Waals surface area contributed by atoms with Crippen molar-refractivity contribution < 1.29 is 9.59 Å². The average molecular weight is 379 g/mol. The molecule has 28 heavy (non-hydrogen) atoms. The van der Waals surface area contributed by atoms with E-state index in [4.69, 9.17) is 0 Å². The average Bonchev–Trinajstić information content (AvgIpc) is 2.68. The Balaban J connectivity index is 1.85. The van der Waals surface area contributed by atoms with Crippen molar-refractivity contribution in [3.8, 4) is 0 Å². The Labute approximate surface area is 168 Å². The third-order valence-electron chi connectivity index (χ3n) is 4.48. The summed E-state index contributed by atoms with van der Waals surface area (Å²) in [6.07, 6.45) is 7.08. The van der Waals surface area contributed by atoms with Crippen molar-refractivity contribution in [2.24, 2.45) is 0 Å². The van der Waals surface area contributed by atoms with Crippen LogP contribution in [0.5, 0.6) is 0 Å². The second-order valence-electron chi connectivity index (χ2n) is 7.27. The Morgan fingerprint density at radius 1 is 1.07 bits per heavy atom. The third kappa shape index (κ3) is 7.39. The summed E-state index contributed by atoms with van der Waals surface area (Å²) < 4.78 is 0. The van der Waals surface area contributed by atoms with Gasteiger partial charge in [0.05, 0.1) is 0 Å². The molecule has 4 nitrogen and oxygen atoms in total. The van der Waals surface area contributed by atoms with Gasteiger partial charge in [-0.2, -0.15) is 0 Å². The minimum absolute atomic E-state index is 0.0586. The minimum atomic E-state index is -0.0599. The van der Waals surface area contributed by atoms with Crippen LogP contribution in [0.15, 0.2) is 60.7 Å². The number of unbranched alkanes of at least 4 members (excludes halogenated alkanes) is 1. The van der Waals surface area contributed by atoms with Gasteiger partial charge in [-0.15, -0.1) is 0 Å². The van der Waals surface area contributed by atoms with Crippen molar-refractivity contribution in [2.75, 3.05) is 14.1 Å². The summed E-state index contributed by atoms with van der Waals surface area (Å²) in [5.41, 5.74) is 2.85. The third-order valence-corrected chi connectivity index (χ3v) is 4.48. The zero-order chi connectivity index (χ0) is 20.4. The van der Waals surface area contributed by atoms with Gasteiger partial charge in [-0.1, -0.05) is 54.6 Å². The standard InChI is InChI=1S/C24H30N2O2/c1-19(17-20-11-6-4-7-12-20)25-24(28)22-15-10-14-21(18-22)13-8-5-9-16-23(27)26(2)3/h4,6-8,10-15,18-19H,5,9,16-17H2,1-3H3,(H,25,28)/b13-8-. The van der Waals surface area contributed by atoms with Gasteiger partial charge in [-0.05, 0) is 49.4 Å². The van der Waals surface area contributed by atoms with Crippen LogP contribution in [0.1, 0.15) is 47.7 Å². The quantitative estimate of drug-likeness (QED) is 0.661. The molecule has 0 aliphatic carbocycles. The fourth-order valence-electron chi connectivity index (χ4n) is 2.92. The maximum absolute atomic E-state index is 12.5. The molecular formula is C24H30N2O2. The van der Waals surface area contributed by atoms with E-state index in [2.05, 4.69) is 23.5 Å². The second-order valence-corrected chi connectivity index (χ2v) is 7.27. The number of benzene rings is 2. The number of rotatable bonds is 9. The molecule has 0 radical (unpaired) electrons. The van der Waals surface area contributed by atoms with Crippen LogP contribution in [0, 0.1) is 0 Å². The zero-order valence-corrected chi connectivity index (χ0v) is 17.0. The van der Waals surface area contributed by atoms with E-state index < -0.39 is 0 Å². The monoisotopic (exact) mass is 378 g/mol. The topological polar surface area (TPSA) is 49.4 Å². The molecule has 1 unspecified atom stereocenters. The molecule has 4 heteroatoms. The van der Waals surface area contributed by atoms with Crippen molar-refractivity contribution in [3.05, 3.63) is 77.4 Å². The predicted molar refractivity (Wildman–Crippen MR) is 115 cm³/mol. The minimum Gasteiger partial charge on any atom is -0.349 e. The number of nitrogens with zero attached hydrogens (tertiary/aromatic N) is 1. The number of amides is 2. The lowest BCUT2D eigenvalue weighted by Gasteiger charge is -2.14. The Morgan fingerprint density at radius 2 is 1.82 bits per heavy atom. The predicted octanol–water partition coefficient (Wildman–Crippen LogP) is 4.32. The number of carbonyl (C=O) groups is 2. The first kappa shape index (κ1) is 21.4. The summed E-state index contributed by atoms with van der Waals surface area (Å²) in [6, 6.07) is 17.8. The maximum Gasteiger partial charge on any atom is 0.251 e. The van der Waals surface area contributed by atoms with Crippen LogP contribution in [-0.4, -0.2) is 36.9 Å². The van der Waals surface area contributed by atoms with E-state index >= 15 is 0 Å². The first-order valence-corrected chi connectivity index (χ1v) is 9.77. The Kier molecular flexibility index (Phi) is 8.47. The molecule has 1 atom stereocenters. The molecule has 0 spiro atoms. The Morgan fingerprint density at radius 3 is 2.54 bits per heavy atom. The highest BCUT2D eigenvalue weighted by Gasteiger charge is 2.10. The van der Waals surface area contributed by atoms with Crippen LogP contribution in [0.25, 0.3) is 6.08 Å². The lowest BCUT2D eigenvalue weighted by Crippen LogP contribution is -2.34. The Hall–Kier alpha value is -2.88. The highest BCUT2D eigenvalue weighted by atomic mass is 16.2. The van der Waals surface area contributed by atoms with E-state index in [0.717, 1.165) is 24.8 Å². The fourth-order valence-corrected chi connectivity index (χ4v) is 2.92. The van der Waals surface area contributed by atoms with Crippen molar-refractivity contribution >= 4 is 17.9 Å². The van der Waals surface area contributed by atoms with E-state index in [1.54, 1.807) is 19.0 Å². The number of hydrogen-bond donors (Lipinski definition) is 1. The highest BCUT2D eigenvalue weighted by Crippen LogP contribution is 2.10. The van der Waals surface area contributed by atoms with Crippen LogP contribution in [0.4, 0.5) is 0 Å². The molecule has 0 saturated carbocycles. The first-order chi connectivity index (χ1) is 13.5. The molecule has 2 amide bonds. The molecular weight excluding hydrogens is 348 g/mol. The normalized spacial score (nSPS) is 12.0. The molecule has 148 valence electrons. The fraction of sp³-hybridized carbons (Fsp3) is 0.333. The lowest BCUT2D eigenvalue weighted by atomic mass is 10.1. The molecule has 2 aromatic carbocycles. The van der Waals surface area contributed by atoms with Gasteiger partial charge in [-0.3, -0.25) is 9.59 Å². The highest BCUT2D eigenvalue weighted by molar-refractivity contribution is 5.94. The van der Waals surface area contributed by atoms with Gasteiger partial charge in [0.1, 0.15) is 0 Å². The van der Waals surface area contributed by atoms with Crippen LogP contribution in [0.3, 0.4) is 0 Å². The van der Waals surface area contributed by atoms with E-state index in [-0.39, 0.29) is 17.9 Å². The van der Waals surface area contributed by atoms with Gasteiger partial charge in [0.2, 0.25) is 5.91 Å². The van der Waals surface area contributed by atoms with Gasteiger partial charge in [0, 0.05) is 32.1 Å².